The second-order valence-electron chi connectivity index (χ2n) is 5.75. The minimum atomic E-state index is -1.00. The molecule has 5 heteroatoms. The van der Waals surface area contributed by atoms with Crippen molar-refractivity contribution in [2.24, 2.45) is 0 Å². The number of hydrogen-bond donors (Lipinski definition) is 0. The maximum Gasteiger partial charge on any atom is 0.305 e. The van der Waals surface area contributed by atoms with Crippen LogP contribution in [0.5, 0.6) is 5.75 Å². The van der Waals surface area contributed by atoms with Crippen molar-refractivity contribution in [3.8, 4) is 5.75 Å². The zero-order valence-corrected chi connectivity index (χ0v) is 14.5. The molecule has 0 radical (unpaired) electrons. The van der Waals surface area contributed by atoms with Gasteiger partial charge in [0, 0.05) is 48.5 Å². The van der Waals surface area contributed by atoms with Gasteiger partial charge in [0.05, 0.1) is 0 Å². The summed E-state index contributed by atoms with van der Waals surface area (Å²) >= 11 is 6.22. The lowest BCUT2D eigenvalue weighted by molar-refractivity contribution is -0.191. The molecule has 0 aliphatic rings. The fraction of sp³-hybridized carbons (Fsp3) is 0.444. The number of aromatic nitrogens is 1. The Labute approximate surface area is 141 Å². The molecule has 0 fully saturated rings. The molecule has 0 amide bonds. The predicted molar refractivity (Wildman–Crippen MR) is 91.7 cm³/mol. The van der Waals surface area contributed by atoms with E-state index in [1.54, 1.807) is 31.5 Å². The molecule has 1 aromatic heterocycles. The van der Waals surface area contributed by atoms with Gasteiger partial charge in [-0.15, -0.1) is 0 Å². The largest absolute Gasteiger partial charge is 0.452 e. The van der Waals surface area contributed by atoms with Crippen LogP contribution in [-0.2, 0) is 9.53 Å². The Morgan fingerprint density at radius 1 is 1.26 bits per heavy atom. The summed E-state index contributed by atoms with van der Waals surface area (Å²) in [6.07, 6.45) is 7.09. The molecule has 0 N–H and O–H groups in total. The number of pyridine rings is 1. The Balaban J connectivity index is 2.32. The number of nitrogens with zero attached hydrogens (tertiary/aromatic N) is 1. The molecule has 0 aliphatic carbocycles. The van der Waals surface area contributed by atoms with Crippen LogP contribution in [0.2, 0.25) is 5.02 Å². The summed E-state index contributed by atoms with van der Waals surface area (Å²) in [5, 5.41) is 2.29. The fourth-order valence-corrected chi connectivity index (χ4v) is 2.80. The lowest BCUT2D eigenvalue weighted by Gasteiger charge is -2.30. The molecular formula is C18H22ClNO3. The first-order valence-corrected chi connectivity index (χ1v) is 8.24. The molecule has 1 atom stereocenters. The van der Waals surface area contributed by atoms with Gasteiger partial charge in [-0.3, -0.25) is 9.78 Å². The highest BCUT2D eigenvalue weighted by molar-refractivity contribution is 6.35. The van der Waals surface area contributed by atoms with Crippen molar-refractivity contribution in [2.75, 3.05) is 0 Å². The molecule has 0 aliphatic heterocycles. The summed E-state index contributed by atoms with van der Waals surface area (Å²) < 4.78 is 11.5. The Bertz CT molecular complexity index is 689. The minimum Gasteiger partial charge on any atom is -0.452 e. The van der Waals surface area contributed by atoms with E-state index >= 15 is 0 Å². The van der Waals surface area contributed by atoms with Crippen LogP contribution in [-0.4, -0.2) is 16.7 Å². The molecule has 2 aromatic rings. The van der Waals surface area contributed by atoms with Crippen LogP contribution in [0.1, 0.15) is 46.5 Å². The van der Waals surface area contributed by atoms with Gasteiger partial charge in [0.25, 0.3) is 5.79 Å². The lowest BCUT2D eigenvalue weighted by atomic mass is 10.1. The number of fused-ring (bicyclic) bond motifs is 1. The van der Waals surface area contributed by atoms with Crippen molar-refractivity contribution in [3.63, 3.8) is 0 Å². The number of hydrogen-bond acceptors (Lipinski definition) is 4. The number of carbonyl (C=O) groups is 1. The molecule has 2 rings (SSSR count). The molecule has 23 heavy (non-hydrogen) atoms. The molecule has 0 saturated carbocycles. The summed E-state index contributed by atoms with van der Waals surface area (Å²) in [4.78, 5) is 15.6. The summed E-state index contributed by atoms with van der Waals surface area (Å²) in [5.41, 5.74) is 0. The molecule has 0 spiro atoms. The Hall–Kier alpha value is -1.81. The van der Waals surface area contributed by atoms with Crippen molar-refractivity contribution in [1.82, 2.24) is 4.98 Å². The van der Waals surface area contributed by atoms with Crippen molar-refractivity contribution in [2.45, 2.75) is 52.2 Å². The normalized spacial score (nSPS) is 13.6. The smallest absolute Gasteiger partial charge is 0.305 e. The first kappa shape index (κ1) is 17.5. The van der Waals surface area contributed by atoms with E-state index < -0.39 is 5.79 Å². The standard InChI is InChI=1S/C18H22ClNO3/c1-4-5-6-10-18(3,22-13(2)21)23-17-8-7-16(19)14-9-11-20-12-15(14)17/h7-9,11-12H,4-6,10H2,1-3H3. The molecule has 1 heterocycles. The van der Waals surface area contributed by atoms with Crippen LogP contribution in [0.3, 0.4) is 0 Å². The lowest BCUT2D eigenvalue weighted by Crippen LogP contribution is -2.37. The summed E-state index contributed by atoms with van der Waals surface area (Å²) in [6, 6.07) is 5.40. The number of ether oxygens (including phenoxy) is 2. The van der Waals surface area contributed by atoms with Gasteiger partial charge in [-0.2, -0.15) is 0 Å². The highest BCUT2D eigenvalue weighted by atomic mass is 35.5. The van der Waals surface area contributed by atoms with Gasteiger partial charge in [0.2, 0.25) is 0 Å². The van der Waals surface area contributed by atoms with Crippen LogP contribution < -0.4 is 4.74 Å². The third-order valence-corrected chi connectivity index (χ3v) is 3.97. The third kappa shape index (κ3) is 4.58. The molecule has 1 aromatic carbocycles. The third-order valence-electron chi connectivity index (χ3n) is 3.64. The Kier molecular flexibility index (Phi) is 5.83. The highest BCUT2D eigenvalue weighted by Crippen LogP contribution is 2.34. The zero-order valence-electron chi connectivity index (χ0n) is 13.8. The van der Waals surface area contributed by atoms with Gasteiger partial charge >= 0.3 is 5.97 Å². The number of carbonyl (C=O) groups excluding carboxylic acids is 1. The number of rotatable bonds is 7. The van der Waals surface area contributed by atoms with Crippen LogP contribution in [0.25, 0.3) is 10.8 Å². The second kappa shape index (κ2) is 7.64. The predicted octanol–water partition coefficient (Wildman–Crippen LogP) is 5.13. The van der Waals surface area contributed by atoms with Crippen LogP contribution in [0, 0.1) is 0 Å². The maximum absolute atomic E-state index is 11.5. The van der Waals surface area contributed by atoms with E-state index in [4.69, 9.17) is 21.1 Å². The average Bonchev–Trinajstić information content (AvgIpc) is 2.50. The van der Waals surface area contributed by atoms with Gasteiger partial charge < -0.3 is 9.47 Å². The molecule has 0 saturated heterocycles. The van der Waals surface area contributed by atoms with E-state index in [2.05, 4.69) is 11.9 Å². The van der Waals surface area contributed by atoms with Crippen molar-refractivity contribution in [1.29, 1.82) is 0 Å². The zero-order chi connectivity index (χ0) is 16.9. The molecule has 4 nitrogen and oxygen atoms in total. The summed E-state index contributed by atoms with van der Waals surface area (Å²) in [7, 11) is 0. The van der Waals surface area contributed by atoms with E-state index in [0.29, 0.717) is 17.2 Å². The van der Waals surface area contributed by atoms with Crippen molar-refractivity contribution >= 4 is 28.3 Å². The van der Waals surface area contributed by atoms with Gasteiger partial charge in [-0.05, 0) is 24.6 Å². The number of benzene rings is 1. The Morgan fingerprint density at radius 3 is 2.74 bits per heavy atom. The van der Waals surface area contributed by atoms with Gasteiger partial charge in [-0.1, -0.05) is 31.4 Å². The molecule has 0 bridgehead atoms. The first-order valence-electron chi connectivity index (χ1n) is 7.86. The summed E-state index contributed by atoms with van der Waals surface area (Å²) in [6.45, 7) is 5.31. The van der Waals surface area contributed by atoms with Crippen LogP contribution in [0.4, 0.5) is 0 Å². The minimum absolute atomic E-state index is 0.361. The number of esters is 1. The quantitative estimate of drug-likeness (QED) is 0.400. The van der Waals surface area contributed by atoms with E-state index in [9.17, 15) is 4.79 Å². The van der Waals surface area contributed by atoms with E-state index in [1.807, 2.05) is 6.07 Å². The number of unbranched alkanes of at least 4 members (excludes halogenated alkanes) is 2. The fourth-order valence-electron chi connectivity index (χ4n) is 2.57. The Morgan fingerprint density at radius 2 is 2.04 bits per heavy atom. The molecule has 1 unspecified atom stereocenters. The van der Waals surface area contributed by atoms with Gasteiger partial charge in [-0.25, -0.2) is 0 Å². The van der Waals surface area contributed by atoms with Crippen molar-refractivity contribution < 1.29 is 14.3 Å². The van der Waals surface area contributed by atoms with E-state index in [0.717, 1.165) is 30.0 Å². The van der Waals surface area contributed by atoms with Gasteiger partial charge in [0.15, 0.2) is 0 Å². The number of halogens is 1. The van der Waals surface area contributed by atoms with E-state index in [-0.39, 0.29) is 5.97 Å². The topological polar surface area (TPSA) is 48.4 Å². The summed E-state index contributed by atoms with van der Waals surface area (Å²) in [5.74, 6) is -0.754. The van der Waals surface area contributed by atoms with Crippen LogP contribution >= 0.6 is 11.6 Å². The van der Waals surface area contributed by atoms with E-state index in [1.165, 1.54) is 6.92 Å². The first-order chi connectivity index (χ1) is 10.9. The van der Waals surface area contributed by atoms with Crippen LogP contribution in [0.15, 0.2) is 30.6 Å². The molecular weight excluding hydrogens is 314 g/mol. The van der Waals surface area contributed by atoms with Gasteiger partial charge in [0.1, 0.15) is 5.75 Å². The molecule has 124 valence electrons. The highest BCUT2D eigenvalue weighted by Gasteiger charge is 2.30. The average molecular weight is 336 g/mol. The second-order valence-corrected chi connectivity index (χ2v) is 6.16. The van der Waals surface area contributed by atoms with Crippen molar-refractivity contribution in [3.05, 3.63) is 35.6 Å². The monoisotopic (exact) mass is 335 g/mol. The SMILES string of the molecule is CCCCCC(C)(OC(C)=O)Oc1ccc(Cl)c2ccncc12. The maximum atomic E-state index is 11.5.